The summed E-state index contributed by atoms with van der Waals surface area (Å²) < 4.78 is 31.1. The molecule has 2 rings (SSSR count). The molecule has 1 aromatic carbocycles. The summed E-state index contributed by atoms with van der Waals surface area (Å²) in [7, 11) is -2.66. The molecule has 0 unspecified atom stereocenters. The van der Waals surface area contributed by atoms with Crippen LogP contribution in [0.1, 0.15) is 21.8 Å². The number of carboxylic acids is 1. The molecule has 8 heteroatoms. The Bertz CT molecular complexity index is 775. The van der Waals surface area contributed by atoms with E-state index in [1.54, 1.807) is 6.07 Å². The summed E-state index contributed by atoms with van der Waals surface area (Å²) in [6, 6.07) is 5.88. The fourth-order valence-electron chi connectivity index (χ4n) is 2.04. The summed E-state index contributed by atoms with van der Waals surface area (Å²) in [6.45, 7) is 3.00. The topological polar surface area (TPSA) is 101 Å². The fourth-order valence-corrected chi connectivity index (χ4v) is 3.54. The van der Waals surface area contributed by atoms with Crippen molar-refractivity contribution in [2.45, 2.75) is 18.7 Å². The Morgan fingerprint density at radius 2 is 1.90 bits per heavy atom. The first-order chi connectivity index (χ1) is 9.76. The Hall–Kier alpha value is -2.35. The van der Waals surface area contributed by atoms with Crippen LogP contribution in [0.15, 0.2) is 33.7 Å². The molecule has 1 aromatic heterocycles. The van der Waals surface area contributed by atoms with Gasteiger partial charge in [-0.3, -0.25) is 4.31 Å². The van der Waals surface area contributed by atoms with Crippen molar-refractivity contribution in [1.82, 2.24) is 5.16 Å². The first-order valence-corrected chi connectivity index (χ1v) is 7.45. The van der Waals surface area contributed by atoms with E-state index < -0.39 is 16.0 Å². The van der Waals surface area contributed by atoms with Crippen LogP contribution in [-0.4, -0.2) is 31.7 Å². The SMILES string of the molecule is Cc1noc(C)c1S(=O)(=O)N(C)c1ccccc1C(=O)O. The van der Waals surface area contributed by atoms with Gasteiger partial charge < -0.3 is 9.63 Å². The van der Waals surface area contributed by atoms with Gasteiger partial charge in [-0.1, -0.05) is 17.3 Å². The summed E-state index contributed by atoms with van der Waals surface area (Å²) in [6.07, 6.45) is 0. The minimum absolute atomic E-state index is 0.0507. The molecular weight excluding hydrogens is 296 g/mol. The Labute approximate surface area is 121 Å². The molecule has 0 spiro atoms. The Kier molecular flexibility index (Phi) is 3.73. The fraction of sp³-hybridized carbons (Fsp3) is 0.231. The van der Waals surface area contributed by atoms with Crippen molar-refractivity contribution in [2.75, 3.05) is 11.4 Å². The number of para-hydroxylation sites is 1. The minimum Gasteiger partial charge on any atom is -0.478 e. The highest BCUT2D eigenvalue weighted by Gasteiger charge is 2.30. The number of hydrogen-bond acceptors (Lipinski definition) is 5. The van der Waals surface area contributed by atoms with Crippen molar-refractivity contribution in [3.8, 4) is 0 Å². The van der Waals surface area contributed by atoms with Crippen molar-refractivity contribution >= 4 is 21.7 Å². The van der Waals surface area contributed by atoms with Crippen molar-refractivity contribution in [3.05, 3.63) is 41.3 Å². The lowest BCUT2D eigenvalue weighted by Crippen LogP contribution is -2.28. The molecule has 2 aromatic rings. The number of aromatic nitrogens is 1. The zero-order chi connectivity index (χ0) is 15.8. The number of nitrogens with zero attached hydrogens (tertiary/aromatic N) is 2. The second-order valence-electron chi connectivity index (χ2n) is 4.45. The van der Waals surface area contributed by atoms with Crippen LogP contribution < -0.4 is 4.31 Å². The van der Waals surface area contributed by atoms with Crippen molar-refractivity contribution in [2.24, 2.45) is 0 Å². The van der Waals surface area contributed by atoms with E-state index in [1.165, 1.54) is 39.1 Å². The average Bonchev–Trinajstić information content (AvgIpc) is 2.77. The standard InChI is InChI=1S/C13H14N2O5S/c1-8-12(9(2)20-14-8)21(18,19)15(3)11-7-5-4-6-10(11)13(16)17/h4-7H,1-3H3,(H,16,17). The number of benzene rings is 1. The Balaban J connectivity index is 2.60. The molecule has 0 saturated heterocycles. The van der Waals surface area contributed by atoms with Gasteiger partial charge in [0.05, 0.1) is 11.3 Å². The molecule has 0 saturated carbocycles. The van der Waals surface area contributed by atoms with Gasteiger partial charge in [0.25, 0.3) is 10.0 Å². The van der Waals surface area contributed by atoms with Crippen molar-refractivity contribution < 1.29 is 22.8 Å². The van der Waals surface area contributed by atoms with Gasteiger partial charge in [0, 0.05) is 7.05 Å². The van der Waals surface area contributed by atoms with Crippen LogP contribution in [0, 0.1) is 13.8 Å². The molecule has 0 bridgehead atoms. The molecule has 1 heterocycles. The molecular formula is C13H14N2O5S. The van der Waals surface area contributed by atoms with Crippen LogP contribution in [0.5, 0.6) is 0 Å². The third kappa shape index (κ3) is 2.49. The van der Waals surface area contributed by atoms with E-state index in [-0.39, 0.29) is 27.6 Å². The lowest BCUT2D eigenvalue weighted by Gasteiger charge is -2.20. The molecule has 0 radical (unpaired) electrons. The predicted molar refractivity (Wildman–Crippen MR) is 75.0 cm³/mol. The van der Waals surface area contributed by atoms with Gasteiger partial charge in [0.1, 0.15) is 5.69 Å². The smallest absolute Gasteiger partial charge is 0.337 e. The van der Waals surface area contributed by atoms with Crippen LogP contribution in [0.2, 0.25) is 0 Å². The number of anilines is 1. The van der Waals surface area contributed by atoms with Gasteiger partial charge in [-0.15, -0.1) is 0 Å². The maximum Gasteiger partial charge on any atom is 0.337 e. The van der Waals surface area contributed by atoms with Gasteiger partial charge >= 0.3 is 5.97 Å². The molecule has 0 aliphatic heterocycles. The third-order valence-electron chi connectivity index (χ3n) is 3.06. The number of carbonyl (C=O) groups is 1. The van der Waals surface area contributed by atoms with Gasteiger partial charge in [-0.25, -0.2) is 13.2 Å². The molecule has 0 amide bonds. The molecule has 1 N–H and O–H groups in total. The van der Waals surface area contributed by atoms with E-state index in [1.807, 2.05) is 0 Å². The average molecular weight is 310 g/mol. The summed E-state index contributed by atoms with van der Waals surface area (Å²) in [5.74, 6) is -1.04. The third-order valence-corrected chi connectivity index (χ3v) is 5.08. The highest BCUT2D eigenvalue weighted by molar-refractivity contribution is 7.92. The number of sulfonamides is 1. The van der Waals surface area contributed by atoms with E-state index >= 15 is 0 Å². The maximum atomic E-state index is 12.6. The second-order valence-corrected chi connectivity index (χ2v) is 6.35. The van der Waals surface area contributed by atoms with Crippen LogP contribution in [0.4, 0.5) is 5.69 Å². The summed E-state index contributed by atoms with van der Waals surface area (Å²) in [4.78, 5) is 11.2. The zero-order valence-electron chi connectivity index (χ0n) is 11.7. The number of rotatable bonds is 4. The molecule has 7 nitrogen and oxygen atoms in total. The first kappa shape index (κ1) is 15.0. The van der Waals surface area contributed by atoms with Crippen LogP contribution in [-0.2, 0) is 10.0 Å². The number of hydrogen-bond donors (Lipinski definition) is 1. The molecule has 0 atom stereocenters. The van der Waals surface area contributed by atoms with E-state index in [0.29, 0.717) is 0 Å². The zero-order valence-corrected chi connectivity index (χ0v) is 12.5. The first-order valence-electron chi connectivity index (χ1n) is 6.01. The normalized spacial score (nSPS) is 11.4. The molecule has 0 aliphatic rings. The minimum atomic E-state index is -3.95. The van der Waals surface area contributed by atoms with Gasteiger partial charge in [-0.05, 0) is 26.0 Å². The van der Waals surface area contributed by atoms with E-state index in [4.69, 9.17) is 9.63 Å². The molecule has 0 aliphatic carbocycles. The largest absolute Gasteiger partial charge is 0.478 e. The lowest BCUT2D eigenvalue weighted by molar-refractivity contribution is 0.0698. The second kappa shape index (κ2) is 5.21. The number of aryl methyl sites for hydroxylation is 2. The number of carboxylic acid groups (broad SMARTS) is 1. The predicted octanol–water partition coefficient (Wildman–Crippen LogP) is 1.81. The quantitative estimate of drug-likeness (QED) is 0.924. The van der Waals surface area contributed by atoms with Gasteiger partial charge in [-0.2, -0.15) is 0 Å². The van der Waals surface area contributed by atoms with Crippen LogP contribution in [0.25, 0.3) is 0 Å². The van der Waals surface area contributed by atoms with Crippen LogP contribution in [0.3, 0.4) is 0 Å². The van der Waals surface area contributed by atoms with E-state index in [0.717, 1.165) is 4.31 Å². The molecule has 21 heavy (non-hydrogen) atoms. The lowest BCUT2D eigenvalue weighted by atomic mass is 10.2. The van der Waals surface area contributed by atoms with E-state index in [2.05, 4.69) is 5.16 Å². The molecule has 112 valence electrons. The highest BCUT2D eigenvalue weighted by atomic mass is 32.2. The maximum absolute atomic E-state index is 12.6. The van der Waals surface area contributed by atoms with Gasteiger partial charge in [0.2, 0.25) is 0 Å². The summed E-state index contributed by atoms with van der Waals surface area (Å²) >= 11 is 0. The summed E-state index contributed by atoms with van der Waals surface area (Å²) in [5, 5.41) is 12.8. The number of aromatic carboxylic acids is 1. The summed E-state index contributed by atoms with van der Waals surface area (Å²) in [5.41, 5.74) is 0.201. The van der Waals surface area contributed by atoms with Crippen LogP contribution >= 0.6 is 0 Å². The van der Waals surface area contributed by atoms with Crippen molar-refractivity contribution in [1.29, 1.82) is 0 Å². The Morgan fingerprint density at radius 1 is 1.29 bits per heavy atom. The highest BCUT2D eigenvalue weighted by Crippen LogP contribution is 2.28. The van der Waals surface area contributed by atoms with Gasteiger partial charge in [0.15, 0.2) is 10.7 Å². The monoisotopic (exact) mass is 310 g/mol. The Morgan fingerprint density at radius 3 is 2.43 bits per heavy atom. The van der Waals surface area contributed by atoms with Crippen molar-refractivity contribution in [3.63, 3.8) is 0 Å². The molecule has 0 fully saturated rings. The van der Waals surface area contributed by atoms with E-state index in [9.17, 15) is 13.2 Å².